The molecule has 2 aliphatic heterocycles. The second kappa shape index (κ2) is 8.95. The third-order valence-corrected chi connectivity index (χ3v) is 5.21. The van der Waals surface area contributed by atoms with Crippen molar-refractivity contribution in [3.63, 3.8) is 0 Å². The molecule has 2 aromatic carbocycles. The van der Waals surface area contributed by atoms with Crippen molar-refractivity contribution in [3.05, 3.63) is 53.6 Å². The van der Waals surface area contributed by atoms with E-state index in [4.69, 9.17) is 14.2 Å². The van der Waals surface area contributed by atoms with E-state index in [1.807, 2.05) is 30.3 Å². The molecule has 1 fully saturated rings. The van der Waals surface area contributed by atoms with Crippen molar-refractivity contribution in [2.24, 2.45) is 0 Å². The summed E-state index contributed by atoms with van der Waals surface area (Å²) in [5.74, 6) is 1.33. The van der Waals surface area contributed by atoms with Crippen LogP contribution in [0.4, 0.5) is 4.79 Å². The third-order valence-electron chi connectivity index (χ3n) is 5.21. The highest BCUT2D eigenvalue weighted by molar-refractivity contribution is 6.05. The zero-order chi connectivity index (χ0) is 21.8. The molecule has 9 nitrogen and oxygen atoms in total. The quantitative estimate of drug-likeness (QED) is 0.623. The Hall–Kier alpha value is -3.75. The first-order valence-electron chi connectivity index (χ1n) is 9.93. The van der Waals surface area contributed by atoms with E-state index >= 15 is 0 Å². The predicted octanol–water partition coefficient (Wildman–Crippen LogP) is 1.59. The van der Waals surface area contributed by atoms with E-state index in [9.17, 15) is 14.4 Å². The number of fused-ring (bicyclic) bond motifs is 1. The van der Waals surface area contributed by atoms with Crippen LogP contribution in [0.3, 0.4) is 0 Å². The van der Waals surface area contributed by atoms with Gasteiger partial charge in [0.25, 0.3) is 5.91 Å². The number of carbonyl (C=O) groups is 3. The van der Waals surface area contributed by atoms with Crippen LogP contribution in [0.5, 0.6) is 17.2 Å². The number of methoxy groups -OCH3 is 1. The van der Waals surface area contributed by atoms with Crippen LogP contribution < -0.4 is 24.8 Å². The molecular weight excluding hydrogens is 402 g/mol. The summed E-state index contributed by atoms with van der Waals surface area (Å²) in [6.45, 7) is 0.710. The average Bonchev–Trinajstić information content (AvgIpc) is 3.35. The Morgan fingerprint density at radius 3 is 2.65 bits per heavy atom. The Balaban J connectivity index is 1.26. The molecule has 0 spiro atoms. The van der Waals surface area contributed by atoms with E-state index in [2.05, 4.69) is 10.6 Å². The molecule has 1 unspecified atom stereocenters. The van der Waals surface area contributed by atoms with Gasteiger partial charge in [-0.3, -0.25) is 14.5 Å². The number of amides is 4. The summed E-state index contributed by atoms with van der Waals surface area (Å²) < 4.78 is 15.7. The normalized spacial score (nSPS) is 16.9. The zero-order valence-corrected chi connectivity index (χ0v) is 17.1. The van der Waals surface area contributed by atoms with Crippen molar-refractivity contribution in [2.75, 3.05) is 20.4 Å². The zero-order valence-electron chi connectivity index (χ0n) is 17.1. The molecule has 0 bridgehead atoms. The van der Waals surface area contributed by atoms with E-state index in [1.54, 1.807) is 19.2 Å². The van der Waals surface area contributed by atoms with E-state index in [0.29, 0.717) is 17.9 Å². The molecule has 2 heterocycles. The largest absolute Gasteiger partial charge is 0.497 e. The van der Waals surface area contributed by atoms with Crippen molar-refractivity contribution in [2.45, 2.75) is 25.4 Å². The summed E-state index contributed by atoms with van der Waals surface area (Å²) in [6, 6.07) is 11.5. The molecule has 2 N–H and O–H groups in total. The van der Waals surface area contributed by atoms with Crippen LogP contribution >= 0.6 is 0 Å². The molecule has 1 atom stereocenters. The molecule has 1 saturated heterocycles. The maximum atomic E-state index is 12.6. The Morgan fingerprint density at radius 2 is 1.87 bits per heavy atom. The highest BCUT2D eigenvalue weighted by Crippen LogP contribution is 2.32. The van der Waals surface area contributed by atoms with Gasteiger partial charge in [-0.25, -0.2) is 4.79 Å². The molecule has 31 heavy (non-hydrogen) atoms. The summed E-state index contributed by atoms with van der Waals surface area (Å²) >= 11 is 0. The Labute approximate surface area is 179 Å². The van der Waals surface area contributed by atoms with Gasteiger partial charge in [-0.05, 0) is 41.8 Å². The number of nitrogens with one attached hydrogen (secondary N) is 2. The summed E-state index contributed by atoms with van der Waals surface area (Å²) in [5, 5.41) is 5.36. The minimum atomic E-state index is -0.861. The SMILES string of the molecule is COc1ccc(CCN2C(=O)NC(CC(=O)NCc3ccc4c(c3)OCO4)C2=O)cc1. The van der Waals surface area contributed by atoms with Crippen molar-refractivity contribution in [1.29, 1.82) is 0 Å². The lowest BCUT2D eigenvalue weighted by Gasteiger charge is -2.13. The van der Waals surface area contributed by atoms with Crippen LogP contribution in [-0.4, -0.2) is 49.2 Å². The first kappa shape index (κ1) is 20.5. The molecule has 162 valence electrons. The lowest BCUT2D eigenvalue weighted by Crippen LogP contribution is -2.36. The second-order valence-corrected chi connectivity index (χ2v) is 7.26. The molecule has 0 saturated carbocycles. The van der Waals surface area contributed by atoms with Crippen LogP contribution in [0.25, 0.3) is 0 Å². The van der Waals surface area contributed by atoms with Gasteiger partial charge in [-0.15, -0.1) is 0 Å². The topological polar surface area (TPSA) is 106 Å². The average molecular weight is 425 g/mol. The maximum absolute atomic E-state index is 12.6. The first-order chi connectivity index (χ1) is 15.0. The van der Waals surface area contributed by atoms with Crippen LogP contribution in [-0.2, 0) is 22.6 Å². The molecule has 4 rings (SSSR count). The van der Waals surface area contributed by atoms with E-state index in [-0.39, 0.29) is 32.2 Å². The number of rotatable bonds is 8. The number of carbonyl (C=O) groups excluding carboxylic acids is 3. The Bertz CT molecular complexity index is 991. The van der Waals surface area contributed by atoms with Crippen LogP contribution in [0, 0.1) is 0 Å². The van der Waals surface area contributed by atoms with Gasteiger partial charge in [-0.2, -0.15) is 0 Å². The first-order valence-corrected chi connectivity index (χ1v) is 9.93. The monoisotopic (exact) mass is 425 g/mol. The molecule has 9 heteroatoms. The number of benzene rings is 2. The molecule has 0 aliphatic carbocycles. The Kier molecular flexibility index (Phi) is 5.92. The van der Waals surface area contributed by atoms with E-state index in [1.165, 1.54) is 0 Å². The summed E-state index contributed by atoms with van der Waals surface area (Å²) in [6.07, 6.45) is 0.403. The fraction of sp³-hybridized carbons (Fsp3) is 0.318. The fourth-order valence-electron chi connectivity index (χ4n) is 3.47. The van der Waals surface area contributed by atoms with Crippen molar-refractivity contribution >= 4 is 17.8 Å². The fourth-order valence-corrected chi connectivity index (χ4v) is 3.47. The lowest BCUT2D eigenvalue weighted by molar-refractivity contribution is -0.130. The number of ether oxygens (including phenoxy) is 3. The van der Waals surface area contributed by atoms with Gasteiger partial charge in [0.2, 0.25) is 12.7 Å². The number of hydrogen-bond acceptors (Lipinski definition) is 6. The predicted molar refractivity (Wildman–Crippen MR) is 110 cm³/mol. The van der Waals surface area contributed by atoms with E-state index < -0.39 is 18.0 Å². The molecule has 2 aliphatic rings. The molecule has 0 radical (unpaired) electrons. The molecule has 4 amide bonds. The summed E-state index contributed by atoms with van der Waals surface area (Å²) in [7, 11) is 1.59. The number of hydrogen-bond donors (Lipinski definition) is 2. The third kappa shape index (κ3) is 4.71. The Morgan fingerprint density at radius 1 is 1.13 bits per heavy atom. The van der Waals surface area contributed by atoms with Crippen LogP contribution in [0.15, 0.2) is 42.5 Å². The van der Waals surface area contributed by atoms with Gasteiger partial charge >= 0.3 is 6.03 Å². The van der Waals surface area contributed by atoms with Crippen LogP contribution in [0.2, 0.25) is 0 Å². The van der Waals surface area contributed by atoms with E-state index in [0.717, 1.165) is 21.8 Å². The second-order valence-electron chi connectivity index (χ2n) is 7.26. The highest BCUT2D eigenvalue weighted by atomic mass is 16.7. The summed E-state index contributed by atoms with van der Waals surface area (Å²) in [4.78, 5) is 38.2. The van der Waals surface area contributed by atoms with Gasteiger partial charge in [0.15, 0.2) is 11.5 Å². The van der Waals surface area contributed by atoms with Crippen LogP contribution in [0.1, 0.15) is 17.5 Å². The number of imide groups is 1. The highest BCUT2D eigenvalue weighted by Gasteiger charge is 2.38. The molecule has 2 aromatic rings. The number of urea groups is 1. The maximum Gasteiger partial charge on any atom is 0.324 e. The van der Waals surface area contributed by atoms with Crippen molar-refractivity contribution < 1.29 is 28.6 Å². The standard InChI is InChI=1S/C22H23N3O6/c1-29-16-5-2-14(3-6-16)8-9-25-21(27)17(24-22(25)28)11-20(26)23-12-15-4-7-18-19(10-15)31-13-30-18/h2-7,10,17H,8-9,11-13H2,1H3,(H,23,26)(H,24,28). The van der Waals surface area contributed by atoms with Crippen molar-refractivity contribution in [3.8, 4) is 17.2 Å². The number of nitrogens with zero attached hydrogens (tertiary/aromatic N) is 1. The van der Waals surface area contributed by atoms with Gasteiger partial charge in [0.05, 0.1) is 13.5 Å². The van der Waals surface area contributed by atoms with Crippen molar-refractivity contribution in [1.82, 2.24) is 15.5 Å². The van der Waals surface area contributed by atoms with Gasteiger partial charge in [-0.1, -0.05) is 18.2 Å². The van der Waals surface area contributed by atoms with Gasteiger partial charge < -0.3 is 24.8 Å². The minimum absolute atomic E-state index is 0.117. The smallest absolute Gasteiger partial charge is 0.324 e. The molecule has 0 aromatic heterocycles. The molecular formula is C22H23N3O6. The summed E-state index contributed by atoms with van der Waals surface area (Å²) in [5.41, 5.74) is 1.83. The van der Waals surface area contributed by atoms with Gasteiger partial charge in [0.1, 0.15) is 11.8 Å². The lowest BCUT2D eigenvalue weighted by atomic mass is 10.1. The minimum Gasteiger partial charge on any atom is -0.497 e. The van der Waals surface area contributed by atoms with Gasteiger partial charge in [0, 0.05) is 13.1 Å².